The lowest BCUT2D eigenvalue weighted by Gasteiger charge is -1.90. The Labute approximate surface area is 69.2 Å². The Bertz CT molecular complexity index is 331. The van der Waals surface area contributed by atoms with Crippen LogP contribution in [0.5, 0.6) is 0 Å². The van der Waals surface area contributed by atoms with E-state index in [1.54, 1.807) is 24.3 Å². The number of nitrogens with zero attached hydrogens (tertiary/aromatic N) is 2. The Morgan fingerprint density at radius 1 is 1.42 bits per heavy atom. The molecule has 0 fully saturated rings. The molecular formula is C8H6N2O2. The lowest BCUT2D eigenvalue weighted by atomic mass is 10.2. The van der Waals surface area contributed by atoms with Crippen molar-refractivity contribution in [3.63, 3.8) is 0 Å². The standard InChI is InChI=1S/C8H6N2O2/c9-5-7-1-3-8(4-2-7)6-10(11)12/h1-4,6H,(H,11,12). The number of hydrogen-bond donors (Lipinski definition) is 1. The molecule has 0 saturated carbocycles. The van der Waals surface area contributed by atoms with Crippen LogP contribution in [0.15, 0.2) is 24.3 Å². The molecule has 0 aliphatic carbocycles. The summed E-state index contributed by atoms with van der Waals surface area (Å²) in [7, 11) is 0. The van der Waals surface area contributed by atoms with Crippen LogP contribution in [0.4, 0.5) is 0 Å². The van der Waals surface area contributed by atoms with Gasteiger partial charge in [0.25, 0.3) is 0 Å². The Balaban J connectivity index is 2.95. The molecule has 0 bridgehead atoms. The van der Waals surface area contributed by atoms with E-state index in [1.165, 1.54) is 0 Å². The summed E-state index contributed by atoms with van der Waals surface area (Å²) in [5.74, 6) is 0. The van der Waals surface area contributed by atoms with Gasteiger partial charge in [-0.1, -0.05) is 0 Å². The Kier molecular flexibility index (Phi) is 2.29. The highest BCUT2D eigenvalue weighted by molar-refractivity contribution is 5.75. The van der Waals surface area contributed by atoms with E-state index in [0.29, 0.717) is 11.1 Å². The van der Waals surface area contributed by atoms with Gasteiger partial charge >= 0.3 is 0 Å². The molecule has 0 aliphatic rings. The summed E-state index contributed by atoms with van der Waals surface area (Å²) in [6, 6.07) is 8.21. The second kappa shape index (κ2) is 3.39. The fourth-order valence-electron chi connectivity index (χ4n) is 0.771. The molecule has 0 unspecified atom stereocenters. The lowest BCUT2D eigenvalue weighted by Crippen LogP contribution is -1.97. The minimum Gasteiger partial charge on any atom is -0.418 e. The summed E-state index contributed by atoms with van der Waals surface area (Å²) >= 11 is 0. The SMILES string of the molecule is N#Cc1ccc(/C=[N+](\[O-])O)cc1. The van der Waals surface area contributed by atoms with Crippen molar-refractivity contribution in [1.82, 2.24) is 0 Å². The summed E-state index contributed by atoms with van der Waals surface area (Å²) in [5.41, 5.74) is 1.06. The van der Waals surface area contributed by atoms with Gasteiger partial charge in [0.1, 0.15) is 0 Å². The molecule has 0 aliphatic heterocycles. The third-order valence-electron chi connectivity index (χ3n) is 1.30. The molecule has 0 heterocycles. The van der Waals surface area contributed by atoms with E-state index in [-0.39, 0.29) is 4.90 Å². The van der Waals surface area contributed by atoms with Crippen LogP contribution < -0.4 is 0 Å². The van der Waals surface area contributed by atoms with Gasteiger partial charge in [0.2, 0.25) is 6.21 Å². The largest absolute Gasteiger partial charge is 0.418 e. The van der Waals surface area contributed by atoms with Gasteiger partial charge in [-0.15, -0.1) is 0 Å². The topological polar surface area (TPSA) is 70.1 Å². The monoisotopic (exact) mass is 162 g/mol. The average Bonchev–Trinajstić information content (AvgIpc) is 2.05. The minimum atomic E-state index is -0.276. The quantitative estimate of drug-likeness (QED) is 0.288. The molecule has 0 amide bonds. The van der Waals surface area contributed by atoms with Gasteiger partial charge in [-0.25, -0.2) is 0 Å². The molecule has 0 radical (unpaired) electrons. The van der Waals surface area contributed by atoms with Crippen LogP contribution in [-0.2, 0) is 0 Å². The molecule has 1 aromatic rings. The van der Waals surface area contributed by atoms with E-state index in [0.717, 1.165) is 6.21 Å². The molecule has 0 spiro atoms. The molecule has 0 atom stereocenters. The van der Waals surface area contributed by atoms with Gasteiger partial charge in [0.05, 0.1) is 11.6 Å². The van der Waals surface area contributed by atoms with Gasteiger partial charge in [0.15, 0.2) is 0 Å². The van der Waals surface area contributed by atoms with Crippen molar-refractivity contribution in [3.05, 3.63) is 40.6 Å². The predicted octanol–water partition coefficient (Wildman–Crippen LogP) is 0.877. The highest BCUT2D eigenvalue weighted by atomic mass is 16.8. The zero-order chi connectivity index (χ0) is 8.97. The van der Waals surface area contributed by atoms with Crippen molar-refractivity contribution in [1.29, 1.82) is 5.26 Å². The second-order valence-corrected chi connectivity index (χ2v) is 2.17. The fraction of sp³-hybridized carbons (Fsp3) is 0. The van der Waals surface area contributed by atoms with E-state index >= 15 is 0 Å². The van der Waals surface area contributed by atoms with E-state index in [1.807, 2.05) is 6.07 Å². The van der Waals surface area contributed by atoms with Crippen molar-refractivity contribution in [2.24, 2.45) is 0 Å². The molecule has 4 heteroatoms. The number of nitriles is 1. The number of rotatable bonds is 1. The van der Waals surface area contributed by atoms with Gasteiger partial charge in [-0.2, -0.15) is 5.26 Å². The van der Waals surface area contributed by atoms with Crippen LogP contribution >= 0.6 is 0 Å². The highest BCUT2D eigenvalue weighted by Crippen LogP contribution is 1.99. The maximum atomic E-state index is 10.1. The van der Waals surface area contributed by atoms with Gasteiger partial charge in [0, 0.05) is 10.5 Å². The van der Waals surface area contributed by atoms with Crippen LogP contribution in [0.1, 0.15) is 11.1 Å². The van der Waals surface area contributed by atoms with Crippen molar-refractivity contribution < 1.29 is 10.1 Å². The molecule has 1 rings (SSSR count). The smallest absolute Gasteiger partial charge is 0.240 e. The third-order valence-corrected chi connectivity index (χ3v) is 1.30. The van der Waals surface area contributed by atoms with E-state index < -0.39 is 0 Å². The van der Waals surface area contributed by atoms with Gasteiger partial charge < -0.3 is 5.21 Å². The molecular weight excluding hydrogens is 156 g/mol. The summed E-state index contributed by atoms with van der Waals surface area (Å²) in [6.45, 7) is 0. The minimum absolute atomic E-state index is 0.276. The maximum absolute atomic E-state index is 10.1. The van der Waals surface area contributed by atoms with Gasteiger partial charge in [-0.05, 0) is 24.3 Å². The van der Waals surface area contributed by atoms with Crippen LogP contribution in [0.25, 0.3) is 0 Å². The van der Waals surface area contributed by atoms with E-state index in [2.05, 4.69) is 0 Å². The van der Waals surface area contributed by atoms with Crippen LogP contribution in [0, 0.1) is 16.5 Å². The Morgan fingerprint density at radius 2 is 2.00 bits per heavy atom. The lowest BCUT2D eigenvalue weighted by molar-refractivity contribution is -0.722. The first-order chi connectivity index (χ1) is 5.72. The van der Waals surface area contributed by atoms with Crippen LogP contribution in [0.2, 0.25) is 0 Å². The average molecular weight is 162 g/mol. The third kappa shape index (κ3) is 1.99. The molecule has 0 saturated heterocycles. The summed E-state index contributed by atoms with van der Waals surface area (Å²) in [5, 5.41) is 26.8. The number of benzene rings is 1. The first-order valence-electron chi connectivity index (χ1n) is 3.22. The fourth-order valence-corrected chi connectivity index (χ4v) is 0.771. The Morgan fingerprint density at radius 3 is 2.42 bits per heavy atom. The molecule has 60 valence electrons. The van der Waals surface area contributed by atoms with Crippen molar-refractivity contribution in [2.75, 3.05) is 0 Å². The van der Waals surface area contributed by atoms with Crippen molar-refractivity contribution >= 4 is 6.21 Å². The predicted molar refractivity (Wildman–Crippen MR) is 41.7 cm³/mol. The van der Waals surface area contributed by atoms with Gasteiger partial charge in [-0.3, -0.25) is 5.21 Å². The van der Waals surface area contributed by atoms with E-state index in [9.17, 15) is 5.21 Å². The Hall–Kier alpha value is -2.02. The zero-order valence-corrected chi connectivity index (χ0v) is 6.14. The normalized spacial score (nSPS) is 10.8. The van der Waals surface area contributed by atoms with Crippen LogP contribution in [0.3, 0.4) is 0 Å². The first kappa shape index (κ1) is 8.08. The van der Waals surface area contributed by atoms with E-state index in [4.69, 9.17) is 10.5 Å². The second-order valence-electron chi connectivity index (χ2n) is 2.17. The molecule has 1 aromatic carbocycles. The molecule has 4 nitrogen and oxygen atoms in total. The molecule has 1 N–H and O–H groups in total. The van der Waals surface area contributed by atoms with Crippen molar-refractivity contribution in [2.45, 2.75) is 0 Å². The molecule has 12 heavy (non-hydrogen) atoms. The van der Waals surface area contributed by atoms with Crippen LogP contribution in [-0.4, -0.2) is 16.3 Å². The zero-order valence-electron chi connectivity index (χ0n) is 6.14. The summed E-state index contributed by atoms with van der Waals surface area (Å²) in [4.78, 5) is -0.276. The maximum Gasteiger partial charge on any atom is 0.240 e. The highest BCUT2D eigenvalue weighted by Gasteiger charge is 1.94. The number of hydrogen-bond acceptors (Lipinski definition) is 3. The molecule has 0 aromatic heterocycles. The van der Waals surface area contributed by atoms with Crippen molar-refractivity contribution in [3.8, 4) is 6.07 Å². The summed E-state index contributed by atoms with van der Waals surface area (Å²) < 4.78 is 0. The first-order valence-corrected chi connectivity index (χ1v) is 3.22. The summed E-state index contributed by atoms with van der Waals surface area (Å²) in [6.07, 6.45) is 1.00.